The summed E-state index contributed by atoms with van der Waals surface area (Å²) in [6, 6.07) is 1.39. The molecule has 0 fully saturated rings. The molecule has 2 N–H and O–H groups in total. The van der Waals surface area contributed by atoms with Crippen molar-refractivity contribution in [2.45, 2.75) is 71.6 Å². The first-order chi connectivity index (χ1) is 15.7. The van der Waals surface area contributed by atoms with Crippen LogP contribution >= 0.6 is 0 Å². The van der Waals surface area contributed by atoms with Crippen molar-refractivity contribution >= 4 is 17.5 Å². The lowest BCUT2D eigenvalue weighted by Gasteiger charge is -2.37. The van der Waals surface area contributed by atoms with Crippen LogP contribution in [0.4, 0.5) is 4.79 Å². The molecule has 8 heteroatoms. The first-order valence-electron chi connectivity index (χ1n) is 12.0. The zero-order valence-corrected chi connectivity index (χ0v) is 20.5. The van der Waals surface area contributed by atoms with Crippen molar-refractivity contribution in [3.63, 3.8) is 0 Å². The van der Waals surface area contributed by atoms with Crippen LogP contribution in [0.5, 0.6) is 5.88 Å². The minimum absolute atomic E-state index is 0.0315. The van der Waals surface area contributed by atoms with Crippen LogP contribution in [0.15, 0.2) is 18.3 Å². The number of nitrogens with zero attached hydrogens (tertiary/aromatic N) is 3. The molecule has 1 aromatic rings. The molecule has 0 saturated carbocycles. The van der Waals surface area contributed by atoms with Crippen LogP contribution in [0, 0.1) is 5.92 Å². The highest BCUT2D eigenvalue weighted by molar-refractivity contribution is 5.97. The Labute approximate surface area is 197 Å². The van der Waals surface area contributed by atoms with Crippen LogP contribution in [-0.2, 0) is 0 Å². The van der Waals surface area contributed by atoms with Gasteiger partial charge in [-0.2, -0.15) is 0 Å². The van der Waals surface area contributed by atoms with Gasteiger partial charge < -0.3 is 25.0 Å². The number of hydrogen-bond acceptors (Lipinski definition) is 5. The molecule has 3 amide bonds. The van der Waals surface area contributed by atoms with E-state index in [9.17, 15) is 14.7 Å². The van der Waals surface area contributed by atoms with Crippen LogP contribution in [0.25, 0.3) is 5.57 Å². The number of aliphatic hydroxyl groups excluding tert-OH is 1. The third kappa shape index (κ3) is 6.05. The Morgan fingerprint density at radius 3 is 2.76 bits per heavy atom. The molecule has 33 heavy (non-hydrogen) atoms. The summed E-state index contributed by atoms with van der Waals surface area (Å²) in [5, 5.41) is 12.7. The molecule has 1 aromatic heterocycles. The fourth-order valence-electron chi connectivity index (χ4n) is 4.31. The van der Waals surface area contributed by atoms with Gasteiger partial charge in [-0.05, 0) is 63.7 Å². The second-order valence-electron chi connectivity index (χ2n) is 9.66. The van der Waals surface area contributed by atoms with Crippen LogP contribution in [0.2, 0.25) is 0 Å². The molecule has 0 spiro atoms. The number of allylic oxidation sites excluding steroid dienone is 2. The maximum absolute atomic E-state index is 13.5. The molecule has 1 aliphatic carbocycles. The number of carbonyl (C=O) groups is 2. The molecule has 3 atom stereocenters. The Morgan fingerprint density at radius 1 is 1.36 bits per heavy atom. The third-order valence-corrected chi connectivity index (χ3v) is 6.40. The highest BCUT2D eigenvalue weighted by Crippen LogP contribution is 2.32. The number of nitrogens with one attached hydrogen (secondary N) is 1. The second kappa shape index (κ2) is 11.0. The lowest BCUT2D eigenvalue weighted by molar-refractivity contribution is 0.0351. The lowest BCUT2D eigenvalue weighted by Crippen LogP contribution is -2.51. The number of aliphatic hydroxyl groups is 1. The van der Waals surface area contributed by atoms with E-state index in [2.05, 4.69) is 16.4 Å². The van der Waals surface area contributed by atoms with Crippen molar-refractivity contribution in [2.75, 3.05) is 26.7 Å². The van der Waals surface area contributed by atoms with Gasteiger partial charge >= 0.3 is 6.03 Å². The van der Waals surface area contributed by atoms with Crippen molar-refractivity contribution < 1.29 is 19.4 Å². The Kier molecular flexibility index (Phi) is 8.35. The predicted molar refractivity (Wildman–Crippen MR) is 128 cm³/mol. The zero-order chi connectivity index (χ0) is 24.1. The quantitative estimate of drug-likeness (QED) is 0.682. The number of amides is 3. The minimum Gasteiger partial charge on any atom is -0.472 e. The zero-order valence-electron chi connectivity index (χ0n) is 20.5. The standard InChI is InChI=1S/C25H38N4O4/c1-16(2)27-25(32)28(5)14-22-17(3)13-29(18(4)15-30)24(31)21-11-20(12-26-23(21)33-22)19-9-7-6-8-10-19/h9,11-12,16-18,22,30H,6-8,10,13-15H2,1-5H3,(H,27,32)/t17-,18-,22-/m1/s1. The van der Waals surface area contributed by atoms with E-state index >= 15 is 0 Å². The molecule has 8 nitrogen and oxygen atoms in total. The molecule has 0 unspecified atom stereocenters. The summed E-state index contributed by atoms with van der Waals surface area (Å²) in [4.78, 5) is 33.9. The number of pyridine rings is 1. The van der Waals surface area contributed by atoms with E-state index in [4.69, 9.17) is 4.74 Å². The van der Waals surface area contributed by atoms with E-state index in [1.165, 1.54) is 12.0 Å². The number of rotatable bonds is 6. The van der Waals surface area contributed by atoms with Gasteiger partial charge in [-0.1, -0.05) is 13.0 Å². The first kappa shape index (κ1) is 25.0. The van der Waals surface area contributed by atoms with Crippen LogP contribution in [0.3, 0.4) is 0 Å². The van der Waals surface area contributed by atoms with Gasteiger partial charge in [-0.25, -0.2) is 9.78 Å². The Balaban J connectivity index is 1.95. The Morgan fingerprint density at radius 2 is 2.12 bits per heavy atom. The largest absolute Gasteiger partial charge is 0.472 e. The van der Waals surface area contributed by atoms with Crippen LogP contribution in [0.1, 0.15) is 69.3 Å². The highest BCUT2D eigenvalue weighted by atomic mass is 16.5. The number of aromatic nitrogens is 1. The number of likely N-dealkylation sites (N-methyl/N-ethyl adjacent to an activating group) is 1. The van der Waals surface area contributed by atoms with Gasteiger partial charge in [0.25, 0.3) is 5.91 Å². The molecule has 0 bridgehead atoms. The smallest absolute Gasteiger partial charge is 0.317 e. The summed E-state index contributed by atoms with van der Waals surface area (Å²) < 4.78 is 6.29. The Hall–Kier alpha value is -2.61. The second-order valence-corrected chi connectivity index (χ2v) is 9.66. The van der Waals surface area contributed by atoms with Gasteiger partial charge in [0.15, 0.2) is 0 Å². The maximum atomic E-state index is 13.5. The number of urea groups is 1. The first-order valence-corrected chi connectivity index (χ1v) is 12.0. The summed E-state index contributed by atoms with van der Waals surface area (Å²) >= 11 is 0. The van der Waals surface area contributed by atoms with E-state index in [-0.39, 0.29) is 48.5 Å². The molecule has 0 saturated heterocycles. The van der Waals surface area contributed by atoms with Crippen molar-refractivity contribution in [2.24, 2.45) is 5.92 Å². The molecule has 182 valence electrons. The van der Waals surface area contributed by atoms with E-state index < -0.39 is 0 Å². The molecular formula is C25H38N4O4. The van der Waals surface area contributed by atoms with Gasteiger partial charge in [-0.3, -0.25) is 4.79 Å². The van der Waals surface area contributed by atoms with Gasteiger partial charge in [0.1, 0.15) is 11.7 Å². The molecule has 2 aliphatic rings. The Bertz CT molecular complexity index is 885. The fourth-order valence-corrected chi connectivity index (χ4v) is 4.31. The normalized spacial score (nSPS) is 22.0. The van der Waals surface area contributed by atoms with Crippen molar-refractivity contribution in [1.29, 1.82) is 0 Å². The average molecular weight is 459 g/mol. The predicted octanol–water partition coefficient (Wildman–Crippen LogP) is 3.31. The summed E-state index contributed by atoms with van der Waals surface area (Å²) in [5.41, 5.74) is 2.56. The molecule has 2 heterocycles. The van der Waals surface area contributed by atoms with E-state index in [0.717, 1.165) is 24.8 Å². The monoisotopic (exact) mass is 458 g/mol. The number of ether oxygens (including phenoxy) is 1. The van der Waals surface area contributed by atoms with Crippen LogP contribution in [-0.4, -0.2) is 76.8 Å². The highest BCUT2D eigenvalue weighted by Gasteiger charge is 2.35. The minimum atomic E-state index is -0.361. The SMILES string of the molecule is CC(C)NC(=O)N(C)C[C@H]1Oc2ncc(C3=CCCCC3)cc2C(=O)N([C@H](C)CO)C[C@H]1C. The maximum Gasteiger partial charge on any atom is 0.317 e. The van der Waals surface area contributed by atoms with Crippen molar-refractivity contribution in [1.82, 2.24) is 20.1 Å². The number of fused-ring (bicyclic) bond motifs is 1. The van der Waals surface area contributed by atoms with Crippen LogP contribution < -0.4 is 10.1 Å². The van der Waals surface area contributed by atoms with Gasteiger partial charge in [-0.15, -0.1) is 0 Å². The summed E-state index contributed by atoms with van der Waals surface area (Å²) in [6.45, 7) is 8.30. The van der Waals surface area contributed by atoms with E-state index in [1.807, 2.05) is 33.8 Å². The summed E-state index contributed by atoms with van der Waals surface area (Å²) in [7, 11) is 1.73. The molecule has 0 aromatic carbocycles. The molecular weight excluding hydrogens is 420 g/mol. The third-order valence-electron chi connectivity index (χ3n) is 6.40. The van der Waals surface area contributed by atoms with Crippen molar-refractivity contribution in [3.05, 3.63) is 29.5 Å². The topological polar surface area (TPSA) is 95.0 Å². The molecule has 1 aliphatic heterocycles. The van der Waals surface area contributed by atoms with E-state index in [1.54, 1.807) is 23.0 Å². The van der Waals surface area contributed by atoms with E-state index in [0.29, 0.717) is 18.7 Å². The van der Waals surface area contributed by atoms with Gasteiger partial charge in [0, 0.05) is 31.7 Å². The lowest BCUT2D eigenvalue weighted by atomic mass is 9.93. The van der Waals surface area contributed by atoms with Gasteiger partial charge in [0.2, 0.25) is 5.88 Å². The summed E-state index contributed by atoms with van der Waals surface area (Å²) in [5.74, 6) is 0.0194. The fraction of sp³-hybridized carbons (Fsp3) is 0.640. The van der Waals surface area contributed by atoms with Crippen molar-refractivity contribution in [3.8, 4) is 5.88 Å². The average Bonchev–Trinajstić information content (AvgIpc) is 2.80. The number of hydrogen-bond donors (Lipinski definition) is 2. The van der Waals surface area contributed by atoms with Gasteiger partial charge in [0.05, 0.1) is 19.2 Å². The molecule has 0 radical (unpaired) electrons. The molecule has 3 rings (SSSR count). The number of carbonyl (C=O) groups excluding carboxylic acids is 2. The summed E-state index contributed by atoms with van der Waals surface area (Å²) in [6.07, 6.45) is 7.97.